The van der Waals surface area contributed by atoms with E-state index in [4.69, 9.17) is 5.11 Å². The lowest BCUT2D eigenvalue weighted by Crippen LogP contribution is -2.46. The van der Waals surface area contributed by atoms with Gasteiger partial charge in [0.15, 0.2) is 5.78 Å². The lowest BCUT2D eigenvalue weighted by molar-refractivity contribution is -0.138. The molecule has 0 radical (unpaired) electrons. The SMILES string of the molecule is CC1CCNCC1CC(=O)C(CCC(=O)O)NC(=O)CC1(C)CC2CCCC(C2)C1. The molecule has 3 fully saturated rings. The number of amides is 1. The number of ketones is 1. The summed E-state index contributed by atoms with van der Waals surface area (Å²) in [5.74, 6) is 1.16. The van der Waals surface area contributed by atoms with Crippen molar-refractivity contribution in [3.8, 4) is 0 Å². The number of aliphatic carboxylic acids is 1. The van der Waals surface area contributed by atoms with E-state index in [9.17, 15) is 14.4 Å². The number of carboxylic acid groups (broad SMARTS) is 1. The van der Waals surface area contributed by atoms with Crippen molar-refractivity contribution in [2.45, 2.75) is 90.5 Å². The Morgan fingerprint density at radius 1 is 1.17 bits per heavy atom. The third kappa shape index (κ3) is 6.53. The van der Waals surface area contributed by atoms with Gasteiger partial charge in [0.1, 0.15) is 0 Å². The van der Waals surface area contributed by atoms with Crippen molar-refractivity contribution in [2.24, 2.45) is 29.1 Å². The molecule has 1 saturated heterocycles. The molecule has 5 unspecified atom stereocenters. The molecule has 6 nitrogen and oxygen atoms in total. The molecular formula is C24H40N2O4. The number of rotatable bonds is 9. The maximum absolute atomic E-state index is 13.0. The third-order valence-corrected chi connectivity index (χ3v) is 7.86. The van der Waals surface area contributed by atoms with Gasteiger partial charge in [-0.3, -0.25) is 14.4 Å². The summed E-state index contributed by atoms with van der Waals surface area (Å²) in [4.78, 5) is 37.0. The Bertz CT molecular complexity index is 623. The number of carbonyl (C=O) groups is 3. The molecule has 3 rings (SSSR count). The van der Waals surface area contributed by atoms with Gasteiger partial charge in [0.05, 0.1) is 6.04 Å². The Labute approximate surface area is 180 Å². The summed E-state index contributed by atoms with van der Waals surface area (Å²) in [6, 6.07) is -0.686. The summed E-state index contributed by atoms with van der Waals surface area (Å²) in [6.45, 7) is 6.18. The predicted octanol–water partition coefficient (Wildman–Crippen LogP) is 3.54. The van der Waals surface area contributed by atoms with Crippen LogP contribution in [0.5, 0.6) is 0 Å². The average molecular weight is 421 g/mol. The van der Waals surface area contributed by atoms with Gasteiger partial charge in [0.2, 0.25) is 5.91 Å². The fraction of sp³-hybridized carbons (Fsp3) is 0.875. The molecule has 3 aliphatic rings. The molecule has 1 amide bonds. The molecule has 30 heavy (non-hydrogen) atoms. The first-order valence-electron chi connectivity index (χ1n) is 12.0. The fourth-order valence-electron chi connectivity index (χ4n) is 6.34. The molecule has 170 valence electrons. The second-order valence-corrected chi connectivity index (χ2v) is 10.7. The van der Waals surface area contributed by atoms with Gasteiger partial charge in [0.25, 0.3) is 0 Å². The van der Waals surface area contributed by atoms with Crippen molar-refractivity contribution in [3.05, 3.63) is 0 Å². The third-order valence-electron chi connectivity index (χ3n) is 7.86. The van der Waals surface area contributed by atoms with Gasteiger partial charge in [-0.15, -0.1) is 0 Å². The van der Waals surface area contributed by atoms with E-state index in [2.05, 4.69) is 24.5 Å². The molecule has 2 bridgehead atoms. The van der Waals surface area contributed by atoms with Gasteiger partial charge in [-0.1, -0.05) is 33.1 Å². The predicted molar refractivity (Wildman–Crippen MR) is 116 cm³/mol. The van der Waals surface area contributed by atoms with Crippen LogP contribution in [-0.2, 0) is 14.4 Å². The highest BCUT2D eigenvalue weighted by Gasteiger charge is 2.40. The molecule has 1 aliphatic heterocycles. The Morgan fingerprint density at radius 3 is 2.50 bits per heavy atom. The summed E-state index contributed by atoms with van der Waals surface area (Å²) in [5.41, 5.74) is 0.000284. The van der Waals surface area contributed by atoms with Crippen LogP contribution < -0.4 is 10.6 Å². The smallest absolute Gasteiger partial charge is 0.303 e. The average Bonchev–Trinajstić information content (AvgIpc) is 2.65. The minimum Gasteiger partial charge on any atom is -0.481 e. The molecule has 0 aromatic heterocycles. The van der Waals surface area contributed by atoms with Crippen LogP contribution in [0.4, 0.5) is 0 Å². The summed E-state index contributed by atoms with van der Waals surface area (Å²) >= 11 is 0. The van der Waals surface area contributed by atoms with Crippen LogP contribution in [0.25, 0.3) is 0 Å². The van der Waals surface area contributed by atoms with E-state index in [1.807, 2.05) is 0 Å². The van der Waals surface area contributed by atoms with Gasteiger partial charge >= 0.3 is 5.97 Å². The van der Waals surface area contributed by atoms with Crippen LogP contribution in [-0.4, -0.2) is 41.9 Å². The Balaban J connectivity index is 1.58. The summed E-state index contributed by atoms with van der Waals surface area (Å²) in [6.07, 6.45) is 9.34. The zero-order valence-electron chi connectivity index (χ0n) is 18.8. The summed E-state index contributed by atoms with van der Waals surface area (Å²) < 4.78 is 0. The van der Waals surface area contributed by atoms with Gasteiger partial charge in [-0.2, -0.15) is 0 Å². The zero-order chi connectivity index (χ0) is 21.7. The second-order valence-electron chi connectivity index (χ2n) is 10.7. The molecule has 3 N–H and O–H groups in total. The largest absolute Gasteiger partial charge is 0.481 e. The molecule has 2 aliphatic carbocycles. The number of nitrogens with one attached hydrogen (secondary N) is 2. The highest BCUT2D eigenvalue weighted by Crippen LogP contribution is 2.50. The van der Waals surface area contributed by atoms with Gasteiger partial charge in [-0.25, -0.2) is 0 Å². The number of piperidine rings is 1. The molecule has 5 atom stereocenters. The Hall–Kier alpha value is -1.43. The van der Waals surface area contributed by atoms with Crippen molar-refractivity contribution >= 4 is 17.7 Å². The van der Waals surface area contributed by atoms with Crippen LogP contribution in [0.15, 0.2) is 0 Å². The number of fused-ring (bicyclic) bond motifs is 2. The normalized spacial score (nSPS) is 34.7. The van der Waals surface area contributed by atoms with Crippen LogP contribution in [0.2, 0.25) is 0 Å². The van der Waals surface area contributed by atoms with E-state index < -0.39 is 12.0 Å². The molecule has 0 aromatic rings. The highest BCUT2D eigenvalue weighted by molar-refractivity contribution is 5.89. The molecular weight excluding hydrogens is 380 g/mol. The Kier molecular flexibility index (Phi) is 7.94. The first-order chi connectivity index (χ1) is 14.2. The molecule has 1 heterocycles. The van der Waals surface area contributed by atoms with Crippen molar-refractivity contribution in [1.29, 1.82) is 0 Å². The molecule has 6 heteroatoms. The second kappa shape index (κ2) is 10.3. The zero-order valence-corrected chi connectivity index (χ0v) is 18.8. The number of hydrogen-bond acceptors (Lipinski definition) is 4. The molecule has 0 spiro atoms. The minimum absolute atomic E-state index is 0.000284. The first kappa shape index (κ1) is 23.2. The summed E-state index contributed by atoms with van der Waals surface area (Å²) in [7, 11) is 0. The van der Waals surface area contributed by atoms with Crippen molar-refractivity contribution < 1.29 is 19.5 Å². The summed E-state index contributed by atoms with van der Waals surface area (Å²) in [5, 5.41) is 15.4. The maximum atomic E-state index is 13.0. The first-order valence-corrected chi connectivity index (χ1v) is 12.0. The quantitative estimate of drug-likeness (QED) is 0.530. The van der Waals surface area contributed by atoms with E-state index in [0.29, 0.717) is 18.8 Å². The number of Topliss-reactive ketones (excluding diaryl/α,β-unsaturated/α-hetero) is 1. The monoisotopic (exact) mass is 420 g/mol. The van der Waals surface area contributed by atoms with Crippen molar-refractivity contribution in [1.82, 2.24) is 10.6 Å². The van der Waals surface area contributed by atoms with E-state index in [1.54, 1.807) is 0 Å². The van der Waals surface area contributed by atoms with E-state index in [1.165, 1.54) is 25.7 Å². The van der Waals surface area contributed by atoms with Crippen molar-refractivity contribution in [2.75, 3.05) is 13.1 Å². The van der Waals surface area contributed by atoms with E-state index in [-0.39, 0.29) is 35.9 Å². The Morgan fingerprint density at radius 2 is 1.87 bits per heavy atom. The van der Waals surface area contributed by atoms with Crippen molar-refractivity contribution in [3.63, 3.8) is 0 Å². The van der Waals surface area contributed by atoms with E-state index >= 15 is 0 Å². The van der Waals surface area contributed by atoms with Crippen LogP contribution in [0, 0.1) is 29.1 Å². The molecule has 0 aromatic carbocycles. The van der Waals surface area contributed by atoms with Crippen LogP contribution in [0.3, 0.4) is 0 Å². The number of carboxylic acids is 1. The number of carbonyl (C=O) groups excluding carboxylic acids is 2. The topological polar surface area (TPSA) is 95.5 Å². The van der Waals surface area contributed by atoms with E-state index in [0.717, 1.165) is 44.2 Å². The lowest BCUT2D eigenvalue weighted by atomic mass is 9.60. The fourth-order valence-corrected chi connectivity index (χ4v) is 6.34. The minimum atomic E-state index is -0.929. The highest BCUT2D eigenvalue weighted by atomic mass is 16.4. The number of hydrogen-bond donors (Lipinski definition) is 3. The van der Waals surface area contributed by atoms with Gasteiger partial charge < -0.3 is 15.7 Å². The van der Waals surface area contributed by atoms with Crippen LogP contribution in [0.1, 0.15) is 84.5 Å². The standard InChI is InChI=1S/C24H40N2O4/c1-16-8-9-25-15-19(16)11-21(27)20(6-7-23(29)30)26-22(28)14-24(2)12-17-4-3-5-18(10-17)13-24/h16-20,25H,3-15H2,1-2H3,(H,26,28)(H,29,30). The maximum Gasteiger partial charge on any atom is 0.303 e. The lowest BCUT2D eigenvalue weighted by Gasteiger charge is -2.45. The molecule has 2 saturated carbocycles. The van der Waals surface area contributed by atoms with Crippen LogP contribution >= 0.6 is 0 Å². The van der Waals surface area contributed by atoms with Gasteiger partial charge in [-0.05, 0) is 74.3 Å². The van der Waals surface area contributed by atoms with Gasteiger partial charge in [0, 0.05) is 19.3 Å².